The molecular formula is C18H28N2OS2. The molecule has 0 heterocycles. The van der Waals surface area contributed by atoms with Crippen molar-refractivity contribution < 1.29 is 4.79 Å². The molecule has 23 heavy (non-hydrogen) atoms. The number of hydrogen-bond acceptors (Lipinski definition) is 3. The first-order valence-electron chi connectivity index (χ1n) is 8.29. The third kappa shape index (κ3) is 5.81. The summed E-state index contributed by atoms with van der Waals surface area (Å²) in [5, 5.41) is 2.85. The van der Waals surface area contributed by atoms with Crippen LogP contribution in [0.1, 0.15) is 52.5 Å². The number of thiocarbonyl (C=S) groups is 1. The summed E-state index contributed by atoms with van der Waals surface area (Å²) in [4.78, 5) is 14.6. The number of thioether (sulfide) groups is 1. The number of nitrogens with zero attached hydrogens (tertiary/aromatic N) is 1. The van der Waals surface area contributed by atoms with Gasteiger partial charge in [0, 0.05) is 18.8 Å². The Kier molecular flexibility index (Phi) is 8.63. The Bertz CT molecular complexity index is 530. The number of nitrogens with one attached hydrogen (secondary N) is 1. The second-order valence-corrected chi connectivity index (χ2v) is 7.56. The molecule has 1 rings (SSSR count). The molecule has 0 bridgehead atoms. The standard InChI is InChI=1S/C18H28N2OS2/c1-6-13(4)15-11-9-10-12-16(15)19-17(21)14(5)23-18(22)20(7-2)8-3/h9-14H,6-8H2,1-5H3,(H,19,21)/t13-,14+/m1/s1. The molecule has 0 radical (unpaired) electrons. The van der Waals surface area contributed by atoms with Crippen LogP contribution in [0.5, 0.6) is 0 Å². The van der Waals surface area contributed by atoms with Gasteiger partial charge in [0.2, 0.25) is 5.91 Å². The molecule has 0 fully saturated rings. The van der Waals surface area contributed by atoms with Crippen LogP contribution in [0, 0.1) is 0 Å². The van der Waals surface area contributed by atoms with Gasteiger partial charge in [-0.1, -0.05) is 56.0 Å². The number of benzene rings is 1. The zero-order chi connectivity index (χ0) is 17.4. The molecule has 0 saturated heterocycles. The van der Waals surface area contributed by atoms with Gasteiger partial charge in [-0.15, -0.1) is 0 Å². The molecule has 128 valence electrons. The topological polar surface area (TPSA) is 32.3 Å². The molecule has 5 heteroatoms. The van der Waals surface area contributed by atoms with Crippen molar-refractivity contribution in [2.45, 2.75) is 52.2 Å². The average Bonchev–Trinajstić information content (AvgIpc) is 2.55. The van der Waals surface area contributed by atoms with Crippen molar-refractivity contribution in [1.29, 1.82) is 0 Å². The summed E-state index contributed by atoms with van der Waals surface area (Å²) < 4.78 is 0.785. The summed E-state index contributed by atoms with van der Waals surface area (Å²) in [7, 11) is 0. The van der Waals surface area contributed by atoms with E-state index in [-0.39, 0.29) is 11.2 Å². The van der Waals surface area contributed by atoms with E-state index >= 15 is 0 Å². The van der Waals surface area contributed by atoms with E-state index in [9.17, 15) is 4.79 Å². The Labute approximate surface area is 150 Å². The maximum atomic E-state index is 12.5. The highest BCUT2D eigenvalue weighted by Gasteiger charge is 2.19. The molecule has 0 spiro atoms. The monoisotopic (exact) mass is 352 g/mol. The second-order valence-electron chi connectivity index (χ2n) is 5.58. The minimum atomic E-state index is -0.215. The normalized spacial score (nSPS) is 13.3. The van der Waals surface area contributed by atoms with Gasteiger partial charge in [-0.25, -0.2) is 0 Å². The van der Waals surface area contributed by atoms with Crippen LogP contribution < -0.4 is 5.32 Å². The van der Waals surface area contributed by atoms with Crippen LogP contribution in [-0.4, -0.2) is 33.5 Å². The van der Waals surface area contributed by atoms with Crippen LogP contribution in [0.25, 0.3) is 0 Å². The molecule has 0 saturated carbocycles. The Hall–Kier alpha value is -1.07. The fraction of sp³-hybridized carbons (Fsp3) is 0.556. The third-order valence-corrected chi connectivity index (χ3v) is 5.60. The number of carbonyl (C=O) groups is 1. The molecule has 1 amide bonds. The van der Waals surface area contributed by atoms with Crippen LogP contribution in [0.2, 0.25) is 0 Å². The molecule has 0 aliphatic heterocycles. The molecular weight excluding hydrogens is 324 g/mol. The van der Waals surface area contributed by atoms with Crippen LogP contribution in [-0.2, 0) is 4.79 Å². The van der Waals surface area contributed by atoms with E-state index in [1.54, 1.807) is 0 Å². The number of carbonyl (C=O) groups excluding carboxylic acids is 1. The summed E-state index contributed by atoms with van der Waals surface area (Å²) in [6.45, 7) is 12.1. The first kappa shape index (κ1) is 20.0. The van der Waals surface area contributed by atoms with Crippen LogP contribution in [0.4, 0.5) is 5.69 Å². The summed E-state index contributed by atoms with van der Waals surface area (Å²) in [5.74, 6) is 0.423. The number of rotatable bonds is 7. The van der Waals surface area contributed by atoms with Crippen LogP contribution in [0.15, 0.2) is 24.3 Å². The number of hydrogen-bond donors (Lipinski definition) is 1. The predicted octanol–water partition coefficient (Wildman–Crippen LogP) is 4.89. The molecule has 0 aliphatic rings. The average molecular weight is 353 g/mol. The Morgan fingerprint density at radius 1 is 1.22 bits per heavy atom. The maximum Gasteiger partial charge on any atom is 0.237 e. The molecule has 1 N–H and O–H groups in total. The molecule has 1 aromatic carbocycles. The highest BCUT2D eigenvalue weighted by atomic mass is 32.2. The fourth-order valence-electron chi connectivity index (χ4n) is 2.26. The van der Waals surface area contributed by atoms with Gasteiger partial charge >= 0.3 is 0 Å². The van der Waals surface area contributed by atoms with Crippen molar-refractivity contribution in [2.75, 3.05) is 18.4 Å². The first-order valence-corrected chi connectivity index (χ1v) is 9.58. The van der Waals surface area contributed by atoms with Crippen molar-refractivity contribution in [3.63, 3.8) is 0 Å². The third-order valence-electron chi connectivity index (χ3n) is 4.03. The van der Waals surface area contributed by atoms with E-state index in [2.05, 4.69) is 44.0 Å². The highest BCUT2D eigenvalue weighted by Crippen LogP contribution is 2.27. The number of para-hydroxylation sites is 1. The Morgan fingerprint density at radius 2 is 1.83 bits per heavy atom. The van der Waals surface area contributed by atoms with Gasteiger partial charge in [0.05, 0.1) is 5.25 Å². The van der Waals surface area contributed by atoms with Crippen molar-refractivity contribution in [3.05, 3.63) is 29.8 Å². The molecule has 0 aliphatic carbocycles. The van der Waals surface area contributed by atoms with Gasteiger partial charge < -0.3 is 10.2 Å². The summed E-state index contributed by atoms with van der Waals surface area (Å²) >= 11 is 6.88. The van der Waals surface area contributed by atoms with Gasteiger partial charge in [-0.3, -0.25) is 4.79 Å². The van der Waals surface area contributed by atoms with Gasteiger partial charge in [0.1, 0.15) is 4.32 Å². The van der Waals surface area contributed by atoms with E-state index < -0.39 is 0 Å². The summed E-state index contributed by atoms with van der Waals surface area (Å²) in [5.41, 5.74) is 2.10. The number of anilines is 1. The molecule has 2 atom stereocenters. The van der Waals surface area contributed by atoms with Crippen molar-refractivity contribution >= 4 is 39.9 Å². The molecule has 3 nitrogen and oxygen atoms in total. The molecule has 1 aromatic rings. The lowest BCUT2D eigenvalue weighted by Gasteiger charge is -2.23. The minimum absolute atomic E-state index is 0.000240. The predicted molar refractivity (Wildman–Crippen MR) is 106 cm³/mol. The maximum absolute atomic E-state index is 12.5. The second kappa shape index (κ2) is 9.93. The molecule has 0 unspecified atom stereocenters. The van der Waals surface area contributed by atoms with E-state index in [0.29, 0.717) is 5.92 Å². The van der Waals surface area contributed by atoms with E-state index in [0.717, 1.165) is 29.5 Å². The van der Waals surface area contributed by atoms with Gasteiger partial charge in [-0.2, -0.15) is 0 Å². The lowest BCUT2D eigenvalue weighted by Crippen LogP contribution is -2.31. The van der Waals surface area contributed by atoms with E-state index in [1.165, 1.54) is 17.3 Å². The lowest BCUT2D eigenvalue weighted by atomic mass is 9.97. The quantitative estimate of drug-likeness (QED) is 0.708. The van der Waals surface area contributed by atoms with Gasteiger partial charge in [0.25, 0.3) is 0 Å². The largest absolute Gasteiger partial charge is 0.358 e. The van der Waals surface area contributed by atoms with Crippen molar-refractivity contribution in [3.8, 4) is 0 Å². The summed E-state index contributed by atoms with van der Waals surface area (Å²) in [6, 6.07) is 8.03. The first-order chi connectivity index (χ1) is 10.9. The fourth-order valence-corrected chi connectivity index (χ4v) is 3.82. The lowest BCUT2D eigenvalue weighted by molar-refractivity contribution is -0.115. The Morgan fingerprint density at radius 3 is 2.39 bits per heavy atom. The number of amides is 1. The van der Waals surface area contributed by atoms with Gasteiger partial charge in [-0.05, 0) is 44.7 Å². The zero-order valence-electron chi connectivity index (χ0n) is 14.8. The van der Waals surface area contributed by atoms with E-state index in [4.69, 9.17) is 12.2 Å². The van der Waals surface area contributed by atoms with Crippen molar-refractivity contribution in [2.24, 2.45) is 0 Å². The minimum Gasteiger partial charge on any atom is -0.358 e. The van der Waals surface area contributed by atoms with Crippen LogP contribution in [0.3, 0.4) is 0 Å². The molecule has 0 aromatic heterocycles. The van der Waals surface area contributed by atoms with Gasteiger partial charge in [0.15, 0.2) is 0 Å². The Balaban J connectivity index is 2.74. The SMILES string of the molecule is CC[C@@H](C)c1ccccc1NC(=O)[C@H](C)SC(=S)N(CC)CC. The summed E-state index contributed by atoms with van der Waals surface area (Å²) in [6.07, 6.45) is 1.04. The zero-order valence-corrected chi connectivity index (χ0v) is 16.4. The van der Waals surface area contributed by atoms with Crippen LogP contribution >= 0.6 is 24.0 Å². The van der Waals surface area contributed by atoms with E-state index in [1.807, 2.05) is 25.1 Å². The van der Waals surface area contributed by atoms with Crippen molar-refractivity contribution in [1.82, 2.24) is 4.90 Å². The highest BCUT2D eigenvalue weighted by molar-refractivity contribution is 8.23. The smallest absolute Gasteiger partial charge is 0.237 e.